The maximum atomic E-state index is 9.73. The van der Waals surface area contributed by atoms with Gasteiger partial charge in [-0.1, -0.05) is 13.0 Å². The number of benzene rings is 1. The third-order valence-electron chi connectivity index (χ3n) is 3.27. The fourth-order valence-electron chi connectivity index (χ4n) is 2.11. The Morgan fingerprint density at radius 2 is 2.00 bits per heavy atom. The molecule has 1 aromatic carbocycles. The zero-order valence-corrected chi connectivity index (χ0v) is 11.3. The van der Waals surface area contributed by atoms with Crippen LogP contribution in [0.15, 0.2) is 24.3 Å². The summed E-state index contributed by atoms with van der Waals surface area (Å²) in [6, 6.07) is 3.63. The van der Waals surface area contributed by atoms with Gasteiger partial charge in [0.1, 0.15) is 17.6 Å². The van der Waals surface area contributed by atoms with Crippen molar-refractivity contribution in [2.24, 2.45) is 0 Å². The molecule has 0 aromatic heterocycles. The van der Waals surface area contributed by atoms with Crippen molar-refractivity contribution >= 4 is 0 Å². The molecular weight excluding hydrogens is 228 g/mol. The van der Waals surface area contributed by atoms with Crippen LogP contribution in [0.3, 0.4) is 0 Å². The van der Waals surface area contributed by atoms with Crippen molar-refractivity contribution in [3.05, 3.63) is 35.4 Å². The first kappa shape index (κ1) is 13.0. The molecule has 2 rings (SSSR count). The lowest BCUT2D eigenvalue weighted by molar-refractivity contribution is 0.131. The minimum absolute atomic E-state index is 0.0902. The van der Waals surface area contributed by atoms with E-state index in [-0.39, 0.29) is 12.0 Å². The highest BCUT2D eigenvalue weighted by Crippen LogP contribution is 2.41. The van der Waals surface area contributed by atoms with Crippen LogP contribution in [0.4, 0.5) is 0 Å². The van der Waals surface area contributed by atoms with Gasteiger partial charge in [0, 0.05) is 11.5 Å². The molecular formula is C15H20O3. The molecule has 1 aromatic rings. The van der Waals surface area contributed by atoms with E-state index in [2.05, 4.69) is 6.92 Å². The van der Waals surface area contributed by atoms with Gasteiger partial charge in [0.25, 0.3) is 0 Å². The average molecular weight is 248 g/mol. The predicted molar refractivity (Wildman–Crippen MR) is 71.1 cm³/mol. The van der Waals surface area contributed by atoms with E-state index in [4.69, 9.17) is 4.74 Å². The number of phenolic OH excluding ortho intramolecular Hbond substituents is 1. The Labute approximate surface area is 108 Å². The molecule has 1 heterocycles. The van der Waals surface area contributed by atoms with Crippen LogP contribution in [0.1, 0.15) is 37.8 Å². The normalized spacial score (nSPS) is 23.2. The van der Waals surface area contributed by atoms with Crippen LogP contribution in [0.5, 0.6) is 11.5 Å². The summed E-state index contributed by atoms with van der Waals surface area (Å²) >= 11 is 0. The lowest BCUT2D eigenvalue weighted by Crippen LogP contribution is -2.18. The molecule has 98 valence electrons. The van der Waals surface area contributed by atoms with Gasteiger partial charge in [0.2, 0.25) is 0 Å². The number of phenols is 1. The highest BCUT2D eigenvalue weighted by molar-refractivity contribution is 5.50. The average Bonchev–Trinajstić information content (AvgIpc) is 2.53. The van der Waals surface area contributed by atoms with Gasteiger partial charge in [-0.15, -0.1) is 0 Å². The summed E-state index contributed by atoms with van der Waals surface area (Å²) in [6.07, 6.45) is 3.54. The smallest absolute Gasteiger partial charge is 0.124 e. The van der Waals surface area contributed by atoms with E-state index in [1.54, 1.807) is 26.0 Å². The molecule has 18 heavy (non-hydrogen) atoms. The monoisotopic (exact) mass is 248 g/mol. The molecule has 0 bridgehead atoms. The predicted octanol–water partition coefficient (Wildman–Crippen LogP) is 2.89. The van der Waals surface area contributed by atoms with Crippen LogP contribution < -0.4 is 4.74 Å². The minimum Gasteiger partial charge on any atom is -0.508 e. The number of hydrogen-bond acceptors (Lipinski definition) is 3. The van der Waals surface area contributed by atoms with Crippen molar-refractivity contribution < 1.29 is 14.9 Å². The second-order valence-electron chi connectivity index (χ2n) is 5.56. The summed E-state index contributed by atoms with van der Waals surface area (Å²) in [7, 11) is 0. The van der Waals surface area contributed by atoms with E-state index in [9.17, 15) is 10.2 Å². The molecule has 0 saturated carbocycles. The molecule has 1 aliphatic heterocycles. The highest BCUT2D eigenvalue weighted by atomic mass is 16.5. The van der Waals surface area contributed by atoms with E-state index < -0.39 is 5.60 Å². The van der Waals surface area contributed by atoms with Crippen molar-refractivity contribution in [1.82, 2.24) is 0 Å². The lowest BCUT2D eigenvalue weighted by Gasteiger charge is -2.14. The molecule has 0 saturated heterocycles. The molecule has 0 amide bonds. The van der Waals surface area contributed by atoms with Crippen LogP contribution in [0, 0.1) is 6.92 Å². The second kappa shape index (κ2) is 4.32. The molecule has 2 atom stereocenters. The van der Waals surface area contributed by atoms with Gasteiger partial charge in [0.15, 0.2) is 0 Å². The van der Waals surface area contributed by atoms with E-state index in [0.717, 1.165) is 16.9 Å². The van der Waals surface area contributed by atoms with Gasteiger partial charge in [-0.3, -0.25) is 0 Å². The molecule has 0 fully saturated rings. The Kier molecular flexibility index (Phi) is 3.11. The van der Waals surface area contributed by atoms with Gasteiger partial charge in [-0.2, -0.15) is 0 Å². The van der Waals surface area contributed by atoms with Crippen LogP contribution in [0.25, 0.3) is 0 Å². The Balaban J connectivity index is 2.25. The number of ether oxygens (including phenoxy) is 1. The van der Waals surface area contributed by atoms with E-state index in [0.29, 0.717) is 5.75 Å². The van der Waals surface area contributed by atoms with E-state index in [1.165, 1.54) is 0 Å². The van der Waals surface area contributed by atoms with Crippen LogP contribution in [-0.2, 0) is 0 Å². The quantitative estimate of drug-likeness (QED) is 0.791. The maximum absolute atomic E-state index is 9.73. The van der Waals surface area contributed by atoms with E-state index >= 15 is 0 Å². The zero-order chi connectivity index (χ0) is 13.5. The SMILES string of the molecule is Cc1cc2c(cc1O)[C@H](C)[C@H](/C=C/C(C)(C)O)O2. The maximum Gasteiger partial charge on any atom is 0.124 e. The standard InChI is InChI=1S/C15H20O3/c1-9-7-14-11(8-12(9)16)10(2)13(18-14)5-6-15(3,4)17/h5-8,10,13,16-17H,1-4H3/b6-5+/t10-,13-/m0/s1. The molecule has 0 spiro atoms. The van der Waals surface area contributed by atoms with Crippen molar-refractivity contribution in [3.63, 3.8) is 0 Å². The minimum atomic E-state index is -0.837. The highest BCUT2D eigenvalue weighted by Gasteiger charge is 2.30. The Morgan fingerprint density at radius 3 is 2.61 bits per heavy atom. The molecule has 3 heteroatoms. The number of aryl methyl sites for hydroxylation is 1. The Bertz CT molecular complexity index is 483. The van der Waals surface area contributed by atoms with Gasteiger partial charge in [-0.25, -0.2) is 0 Å². The summed E-state index contributed by atoms with van der Waals surface area (Å²) < 4.78 is 5.84. The topological polar surface area (TPSA) is 49.7 Å². The van der Waals surface area contributed by atoms with Crippen molar-refractivity contribution in [2.45, 2.75) is 45.3 Å². The molecule has 2 N–H and O–H groups in total. The van der Waals surface area contributed by atoms with Gasteiger partial charge in [-0.05, 0) is 44.5 Å². The summed E-state index contributed by atoms with van der Waals surface area (Å²) in [5.74, 6) is 1.30. The first-order chi connectivity index (χ1) is 8.28. The molecule has 3 nitrogen and oxygen atoms in total. The van der Waals surface area contributed by atoms with Crippen LogP contribution in [-0.4, -0.2) is 21.9 Å². The summed E-state index contributed by atoms with van der Waals surface area (Å²) in [5, 5.41) is 19.4. The molecule has 1 aliphatic rings. The summed E-state index contributed by atoms with van der Waals surface area (Å²) in [5.41, 5.74) is 0.993. The number of fused-ring (bicyclic) bond motifs is 1. The number of hydrogen-bond donors (Lipinski definition) is 2. The van der Waals surface area contributed by atoms with Gasteiger partial charge < -0.3 is 14.9 Å². The van der Waals surface area contributed by atoms with E-state index in [1.807, 2.05) is 19.1 Å². The fraction of sp³-hybridized carbons (Fsp3) is 0.467. The van der Waals surface area contributed by atoms with Crippen LogP contribution >= 0.6 is 0 Å². The second-order valence-corrected chi connectivity index (χ2v) is 5.56. The number of rotatable bonds is 2. The summed E-state index contributed by atoms with van der Waals surface area (Å²) in [6.45, 7) is 7.36. The third kappa shape index (κ3) is 2.51. The third-order valence-corrected chi connectivity index (χ3v) is 3.27. The lowest BCUT2D eigenvalue weighted by atomic mass is 9.95. The van der Waals surface area contributed by atoms with Crippen molar-refractivity contribution in [2.75, 3.05) is 0 Å². The number of aliphatic hydroxyl groups is 1. The van der Waals surface area contributed by atoms with Crippen molar-refractivity contribution in [3.8, 4) is 11.5 Å². The van der Waals surface area contributed by atoms with Gasteiger partial charge >= 0.3 is 0 Å². The first-order valence-electron chi connectivity index (χ1n) is 6.20. The zero-order valence-electron chi connectivity index (χ0n) is 11.3. The Hall–Kier alpha value is -1.48. The summed E-state index contributed by atoms with van der Waals surface area (Å²) in [4.78, 5) is 0. The molecule has 0 radical (unpaired) electrons. The fourth-order valence-corrected chi connectivity index (χ4v) is 2.11. The molecule has 0 unspecified atom stereocenters. The molecule has 0 aliphatic carbocycles. The number of aromatic hydroxyl groups is 1. The van der Waals surface area contributed by atoms with Crippen LogP contribution in [0.2, 0.25) is 0 Å². The van der Waals surface area contributed by atoms with Crippen molar-refractivity contribution in [1.29, 1.82) is 0 Å². The first-order valence-corrected chi connectivity index (χ1v) is 6.20. The largest absolute Gasteiger partial charge is 0.508 e. The van der Waals surface area contributed by atoms with Gasteiger partial charge in [0.05, 0.1) is 5.60 Å². The Morgan fingerprint density at radius 1 is 1.33 bits per heavy atom.